The zero-order valence-corrected chi connectivity index (χ0v) is 13.1. The summed E-state index contributed by atoms with van der Waals surface area (Å²) in [4.78, 5) is 24.5. The first-order chi connectivity index (χ1) is 10.5. The number of carbonyl (C=O) groups excluding carboxylic acids is 1. The van der Waals surface area contributed by atoms with Crippen molar-refractivity contribution in [1.29, 1.82) is 0 Å². The number of carbonyl (C=O) groups is 2. The third kappa shape index (κ3) is 4.23. The Morgan fingerprint density at radius 2 is 2.00 bits per heavy atom. The number of likely N-dealkylation sites (tertiary alicyclic amines) is 1. The van der Waals surface area contributed by atoms with Crippen molar-refractivity contribution >= 4 is 11.9 Å². The summed E-state index contributed by atoms with van der Waals surface area (Å²) in [5.41, 5.74) is 1.25. The molecule has 0 unspecified atom stereocenters. The lowest BCUT2D eigenvalue weighted by molar-refractivity contribution is -0.141. The molecule has 1 aliphatic rings. The van der Waals surface area contributed by atoms with Gasteiger partial charge in [-0.25, -0.2) is 0 Å². The van der Waals surface area contributed by atoms with Gasteiger partial charge >= 0.3 is 5.97 Å². The van der Waals surface area contributed by atoms with Gasteiger partial charge in [0.15, 0.2) is 0 Å². The maximum absolute atomic E-state index is 12.0. The zero-order chi connectivity index (χ0) is 16.1. The summed E-state index contributed by atoms with van der Waals surface area (Å²) in [6.45, 7) is 5.42. The monoisotopic (exact) mass is 305 g/mol. The predicted molar refractivity (Wildman–Crippen MR) is 83.0 cm³/mol. The molecule has 1 saturated heterocycles. The molecule has 1 atom stereocenters. The minimum absolute atomic E-state index is 0.0393. The molecule has 2 rings (SSSR count). The van der Waals surface area contributed by atoms with E-state index in [4.69, 9.17) is 9.84 Å². The zero-order valence-electron chi connectivity index (χ0n) is 13.1. The van der Waals surface area contributed by atoms with Crippen LogP contribution in [0.5, 0.6) is 5.75 Å². The van der Waals surface area contributed by atoms with Crippen LogP contribution < -0.4 is 4.74 Å². The molecule has 5 nitrogen and oxygen atoms in total. The first-order valence-electron chi connectivity index (χ1n) is 7.70. The number of carboxylic acid groups (broad SMARTS) is 1. The third-order valence-corrected chi connectivity index (χ3v) is 4.02. The second-order valence-electron chi connectivity index (χ2n) is 5.99. The van der Waals surface area contributed by atoms with E-state index in [-0.39, 0.29) is 12.3 Å². The maximum Gasteiger partial charge on any atom is 0.308 e. The first-order valence-corrected chi connectivity index (χ1v) is 7.70. The molecule has 120 valence electrons. The molecule has 1 aromatic rings. The van der Waals surface area contributed by atoms with Gasteiger partial charge in [-0.3, -0.25) is 9.59 Å². The van der Waals surface area contributed by atoms with Crippen molar-refractivity contribution in [3.8, 4) is 5.75 Å². The highest BCUT2D eigenvalue weighted by Crippen LogP contribution is 2.19. The highest BCUT2D eigenvalue weighted by Gasteiger charge is 2.30. The lowest BCUT2D eigenvalue weighted by Crippen LogP contribution is -2.30. The third-order valence-electron chi connectivity index (χ3n) is 4.02. The number of aliphatic carboxylic acids is 1. The van der Waals surface area contributed by atoms with Crippen LogP contribution in [0, 0.1) is 5.92 Å². The fraction of sp³-hybridized carbons (Fsp3) is 0.529. The van der Waals surface area contributed by atoms with Crippen LogP contribution in [0.15, 0.2) is 24.3 Å². The van der Waals surface area contributed by atoms with E-state index in [9.17, 15) is 9.59 Å². The second-order valence-corrected chi connectivity index (χ2v) is 5.99. The number of carboxylic acids is 1. The minimum atomic E-state index is -0.822. The fourth-order valence-corrected chi connectivity index (χ4v) is 2.55. The lowest BCUT2D eigenvalue weighted by atomic mass is 10.0. The molecule has 1 aromatic carbocycles. The van der Waals surface area contributed by atoms with Crippen LogP contribution in [0.1, 0.15) is 38.2 Å². The number of ether oxygens (including phenoxy) is 1. The standard InChI is InChI=1S/C17H23NO4/c1-12(2)13-3-5-15(6-4-13)22-10-8-16(19)18-9-7-14(11-18)17(20)21/h3-6,12,14H,7-11H2,1-2H3,(H,20,21)/t14-/m0/s1. The van der Waals surface area contributed by atoms with Gasteiger partial charge < -0.3 is 14.7 Å². The summed E-state index contributed by atoms with van der Waals surface area (Å²) in [6, 6.07) is 7.88. The Hall–Kier alpha value is -2.04. The van der Waals surface area contributed by atoms with Crippen LogP contribution in [0.2, 0.25) is 0 Å². The summed E-state index contributed by atoms with van der Waals surface area (Å²) in [6.07, 6.45) is 0.816. The van der Waals surface area contributed by atoms with Crippen molar-refractivity contribution < 1.29 is 19.4 Å². The molecule has 22 heavy (non-hydrogen) atoms. The molecule has 0 radical (unpaired) electrons. The molecule has 0 bridgehead atoms. The van der Waals surface area contributed by atoms with E-state index < -0.39 is 11.9 Å². The SMILES string of the molecule is CC(C)c1ccc(OCCC(=O)N2CC[C@H](C(=O)O)C2)cc1. The van der Waals surface area contributed by atoms with E-state index in [1.807, 2.05) is 24.3 Å². The largest absolute Gasteiger partial charge is 0.493 e. The van der Waals surface area contributed by atoms with E-state index >= 15 is 0 Å². The number of hydrogen-bond donors (Lipinski definition) is 1. The highest BCUT2D eigenvalue weighted by atomic mass is 16.5. The molecule has 0 aliphatic carbocycles. The maximum atomic E-state index is 12.0. The van der Waals surface area contributed by atoms with E-state index in [0.717, 1.165) is 5.75 Å². The summed E-state index contributed by atoms with van der Waals surface area (Å²) in [7, 11) is 0. The molecular formula is C17H23NO4. The van der Waals surface area contributed by atoms with Crippen molar-refractivity contribution in [3.05, 3.63) is 29.8 Å². The van der Waals surface area contributed by atoms with E-state index in [0.29, 0.717) is 32.0 Å². The topological polar surface area (TPSA) is 66.8 Å². The molecule has 5 heteroatoms. The van der Waals surface area contributed by atoms with Crippen molar-refractivity contribution in [2.75, 3.05) is 19.7 Å². The van der Waals surface area contributed by atoms with Gasteiger partial charge in [-0.2, -0.15) is 0 Å². The predicted octanol–water partition coefficient (Wildman–Crippen LogP) is 2.51. The molecular weight excluding hydrogens is 282 g/mol. The van der Waals surface area contributed by atoms with Gasteiger partial charge in [0.1, 0.15) is 5.75 Å². The van der Waals surface area contributed by atoms with Gasteiger partial charge in [-0.15, -0.1) is 0 Å². The van der Waals surface area contributed by atoms with Gasteiger partial charge in [0.25, 0.3) is 0 Å². The van der Waals surface area contributed by atoms with Crippen molar-refractivity contribution in [3.63, 3.8) is 0 Å². The van der Waals surface area contributed by atoms with E-state index in [1.54, 1.807) is 4.90 Å². The van der Waals surface area contributed by atoms with Crippen LogP contribution in [-0.4, -0.2) is 41.6 Å². The Morgan fingerprint density at radius 1 is 1.32 bits per heavy atom. The molecule has 1 N–H and O–H groups in total. The summed E-state index contributed by atoms with van der Waals surface area (Å²) in [5.74, 6) is -0.0530. The lowest BCUT2D eigenvalue weighted by Gasteiger charge is -2.16. The summed E-state index contributed by atoms with van der Waals surface area (Å²) in [5, 5.41) is 8.94. The van der Waals surface area contributed by atoms with Crippen molar-refractivity contribution in [2.45, 2.75) is 32.6 Å². The number of hydrogen-bond acceptors (Lipinski definition) is 3. The van der Waals surface area contributed by atoms with E-state index in [1.165, 1.54) is 5.56 Å². The van der Waals surface area contributed by atoms with Crippen molar-refractivity contribution in [2.24, 2.45) is 5.92 Å². The number of amides is 1. The number of rotatable bonds is 6. The van der Waals surface area contributed by atoms with Crippen LogP contribution in [0.4, 0.5) is 0 Å². The Balaban J connectivity index is 1.74. The van der Waals surface area contributed by atoms with Crippen LogP contribution >= 0.6 is 0 Å². The number of benzene rings is 1. The van der Waals surface area contributed by atoms with Gasteiger partial charge in [-0.1, -0.05) is 26.0 Å². The number of nitrogens with zero attached hydrogens (tertiary/aromatic N) is 1. The smallest absolute Gasteiger partial charge is 0.308 e. The normalized spacial score (nSPS) is 17.8. The van der Waals surface area contributed by atoms with Crippen molar-refractivity contribution in [1.82, 2.24) is 4.90 Å². The minimum Gasteiger partial charge on any atom is -0.493 e. The average molecular weight is 305 g/mol. The Kier molecular flexibility index (Phi) is 5.41. The summed E-state index contributed by atoms with van der Waals surface area (Å²) < 4.78 is 5.58. The van der Waals surface area contributed by atoms with Gasteiger partial charge in [0.2, 0.25) is 5.91 Å². The van der Waals surface area contributed by atoms with Gasteiger partial charge in [0.05, 0.1) is 18.9 Å². The van der Waals surface area contributed by atoms with Crippen LogP contribution in [0.25, 0.3) is 0 Å². The Bertz CT molecular complexity index is 524. The molecule has 1 aliphatic heterocycles. The Labute approximate surface area is 130 Å². The highest BCUT2D eigenvalue weighted by molar-refractivity contribution is 5.78. The Morgan fingerprint density at radius 3 is 2.55 bits per heavy atom. The van der Waals surface area contributed by atoms with Gasteiger partial charge in [0, 0.05) is 13.1 Å². The molecule has 1 fully saturated rings. The van der Waals surface area contributed by atoms with Crippen LogP contribution in [-0.2, 0) is 9.59 Å². The molecule has 0 saturated carbocycles. The summed E-state index contributed by atoms with van der Waals surface area (Å²) >= 11 is 0. The van der Waals surface area contributed by atoms with E-state index in [2.05, 4.69) is 13.8 Å². The quantitative estimate of drug-likeness (QED) is 0.877. The van der Waals surface area contributed by atoms with Gasteiger partial charge in [-0.05, 0) is 30.0 Å². The molecule has 1 heterocycles. The van der Waals surface area contributed by atoms with Crippen LogP contribution in [0.3, 0.4) is 0 Å². The second kappa shape index (κ2) is 7.29. The molecule has 0 spiro atoms. The first kappa shape index (κ1) is 16.3. The molecule has 0 aromatic heterocycles. The molecule has 1 amide bonds. The average Bonchev–Trinajstić information content (AvgIpc) is 2.98. The fourth-order valence-electron chi connectivity index (χ4n) is 2.55.